The van der Waals surface area contributed by atoms with Crippen molar-refractivity contribution >= 4 is 35.2 Å². The molecule has 0 saturated heterocycles. The first-order chi connectivity index (χ1) is 9.88. The molecule has 5 nitrogen and oxygen atoms in total. The van der Waals surface area contributed by atoms with Gasteiger partial charge in [0, 0.05) is 6.07 Å². The van der Waals surface area contributed by atoms with Crippen molar-refractivity contribution in [3.63, 3.8) is 0 Å². The molecule has 2 rings (SSSR count). The highest BCUT2D eigenvalue weighted by molar-refractivity contribution is 6.33. The van der Waals surface area contributed by atoms with Gasteiger partial charge >= 0.3 is 6.09 Å². The zero-order valence-corrected chi connectivity index (χ0v) is 12.3. The van der Waals surface area contributed by atoms with E-state index in [1.165, 1.54) is 30.3 Å². The molecule has 110 valence electrons. The summed E-state index contributed by atoms with van der Waals surface area (Å²) in [5.41, 5.74) is 0.582. The number of amides is 1. The number of nitrogens with zero attached hydrogens (tertiary/aromatic N) is 3. The quantitative estimate of drug-likeness (QED) is 0.858. The van der Waals surface area contributed by atoms with Gasteiger partial charge in [-0.05, 0) is 24.6 Å². The summed E-state index contributed by atoms with van der Waals surface area (Å²) in [7, 11) is 0. The first kappa shape index (κ1) is 15.5. The van der Waals surface area contributed by atoms with E-state index in [0.717, 1.165) is 4.90 Å². The van der Waals surface area contributed by atoms with Crippen LogP contribution in [0.5, 0.6) is 0 Å². The number of hydrogen-bond donors (Lipinski definition) is 1. The van der Waals surface area contributed by atoms with E-state index in [2.05, 4.69) is 9.97 Å². The van der Waals surface area contributed by atoms with Gasteiger partial charge in [0.15, 0.2) is 0 Å². The number of anilines is 1. The van der Waals surface area contributed by atoms with Crippen molar-refractivity contribution in [2.75, 3.05) is 4.90 Å². The Morgan fingerprint density at radius 2 is 1.76 bits per heavy atom. The van der Waals surface area contributed by atoms with Crippen molar-refractivity contribution in [1.29, 1.82) is 0 Å². The maximum absolute atomic E-state index is 12.9. The third kappa shape index (κ3) is 3.59. The predicted molar refractivity (Wildman–Crippen MR) is 77.4 cm³/mol. The van der Waals surface area contributed by atoms with Crippen LogP contribution in [-0.4, -0.2) is 21.2 Å². The Bertz CT molecular complexity index is 647. The van der Waals surface area contributed by atoms with Crippen molar-refractivity contribution in [2.24, 2.45) is 0 Å². The summed E-state index contributed by atoms with van der Waals surface area (Å²) in [5, 5.41) is 9.44. The van der Waals surface area contributed by atoms with Crippen LogP contribution in [0.15, 0.2) is 30.3 Å². The molecule has 0 aliphatic carbocycles. The minimum atomic E-state index is -1.27. The van der Waals surface area contributed by atoms with Gasteiger partial charge in [-0.2, -0.15) is 0 Å². The monoisotopic (exact) mass is 329 g/mol. The summed E-state index contributed by atoms with van der Waals surface area (Å²) in [6, 6.07) is 6.13. The van der Waals surface area contributed by atoms with Gasteiger partial charge in [-0.3, -0.25) is 0 Å². The van der Waals surface area contributed by atoms with Crippen molar-refractivity contribution in [3.8, 4) is 0 Å². The van der Waals surface area contributed by atoms with Gasteiger partial charge in [0.1, 0.15) is 16.1 Å². The van der Waals surface area contributed by atoms with E-state index in [1.54, 1.807) is 6.92 Å². The molecule has 0 aliphatic heterocycles. The minimum Gasteiger partial charge on any atom is -0.465 e. The maximum Gasteiger partial charge on any atom is 0.414 e. The smallest absolute Gasteiger partial charge is 0.414 e. The van der Waals surface area contributed by atoms with E-state index in [1.807, 2.05) is 0 Å². The second-order valence-electron chi connectivity index (χ2n) is 4.19. The van der Waals surface area contributed by atoms with Gasteiger partial charge in [-0.25, -0.2) is 24.1 Å². The SMILES string of the molecule is C[C@@H](c1ccc(F)cc1)N(C(=O)O)c1nc(Cl)cc(Cl)n1. The Labute approximate surface area is 130 Å². The highest BCUT2D eigenvalue weighted by atomic mass is 35.5. The normalized spacial score (nSPS) is 12.0. The zero-order chi connectivity index (χ0) is 15.6. The van der Waals surface area contributed by atoms with Gasteiger partial charge in [0.25, 0.3) is 0 Å². The fourth-order valence-electron chi connectivity index (χ4n) is 1.80. The molecule has 0 bridgehead atoms. The standard InChI is InChI=1S/C13H10Cl2FN3O2/c1-7(8-2-4-9(16)5-3-8)19(13(20)21)12-17-10(14)6-11(15)18-12/h2-7H,1H3,(H,20,21)/t7-/m0/s1. The van der Waals surface area contributed by atoms with Crippen LogP contribution in [0, 0.1) is 5.82 Å². The van der Waals surface area contributed by atoms with Gasteiger partial charge in [0.2, 0.25) is 5.95 Å². The third-order valence-corrected chi connectivity index (χ3v) is 3.20. The highest BCUT2D eigenvalue weighted by Crippen LogP contribution is 2.26. The van der Waals surface area contributed by atoms with Gasteiger partial charge in [0.05, 0.1) is 6.04 Å². The first-order valence-electron chi connectivity index (χ1n) is 5.86. The minimum absolute atomic E-state index is 0.0301. The topological polar surface area (TPSA) is 66.3 Å². The molecule has 1 atom stereocenters. The predicted octanol–water partition coefficient (Wildman–Crippen LogP) is 4.17. The molecule has 21 heavy (non-hydrogen) atoms. The number of carbonyl (C=O) groups is 1. The molecule has 0 spiro atoms. The van der Waals surface area contributed by atoms with Crippen LogP contribution in [0.3, 0.4) is 0 Å². The van der Waals surface area contributed by atoms with Crippen LogP contribution in [-0.2, 0) is 0 Å². The Morgan fingerprint density at radius 3 is 2.24 bits per heavy atom. The van der Waals surface area contributed by atoms with Gasteiger partial charge in [-0.1, -0.05) is 35.3 Å². The molecule has 8 heteroatoms. The number of carboxylic acid groups (broad SMARTS) is 1. The second kappa shape index (κ2) is 6.24. The van der Waals surface area contributed by atoms with Crippen LogP contribution in [0.25, 0.3) is 0 Å². The van der Waals surface area contributed by atoms with Crippen LogP contribution in [0.1, 0.15) is 18.5 Å². The molecule has 2 aromatic rings. The molecule has 1 N–H and O–H groups in total. The van der Waals surface area contributed by atoms with E-state index >= 15 is 0 Å². The van der Waals surface area contributed by atoms with Gasteiger partial charge in [-0.15, -0.1) is 0 Å². The molecular weight excluding hydrogens is 320 g/mol. The average Bonchev–Trinajstić information content (AvgIpc) is 2.37. The Hall–Kier alpha value is -1.92. The lowest BCUT2D eigenvalue weighted by molar-refractivity contribution is 0.199. The van der Waals surface area contributed by atoms with Crippen molar-refractivity contribution in [2.45, 2.75) is 13.0 Å². The summed E-state index contributed by atoms with van der Waals surface area (Å²) >= 11 is 11.5. The number of aromatic nitrogens is 2. The second-order valence-corrected chi connectivity index (χ2v) is 4.97. The first-order valence-corrected chi connectivity index (χ1v) is 6.62. The van der Waals surface area contributed by atoms with Crippen molar-refractivity contribution in [3.05, 3.63) is 52.0 Å². The molecule has 1 aromatic heterocycles. The molecule has 1 aromatic carbocycles. The maximum atomic E-state index is 12.9. The summed E-state index contributed by atoms with van der Waals surface area (Å²) in [6.07, 6.45) is -1.27. The van der Waals surface area contributed by atoms with E-state index in [-0.39, 0.29) is 16.3 Å². The molecule has 1 amide bonds. The fourth-order valence-corrected chi connectivity index (χ4v) is 2.22. The van der Waals surface area contributed by atoms with Crippen LogP contribution >= 0.6 is 23.2 Å². The summed E-state index contributed by atoms with van der Waals surface area (Å²) in [5.74, 6) is -0.549. The number of hydrogen-bond acceptors (Lipinski definition) is 3. The van der Waals surface area contributed by atoms with E-state index < -0.39 is 18.0 Å². The van der Waals surface area contributed by atoms with Crippen molar-refractivity contribution < 1.29 is 14.3 Å². The number of benzene rings is 1. The molecule has 0 fully saturated rings. The molecular formula is C13H10Cl2FN3O2. The Balaban J connectivity index is 2.43. The highest BCUT2D eigenvalue weighted by Gasteiger charge is 2.26. The van der Waals surface area contributed by atoms with Crippen LogP contribution in [0.2, 0.25) is 10.3 Å². The molecule has 0 aliphatic rings. The Morgan fingerprint density at radius 1 is 1.24 bits per heavy atom. The summed E-state index contributed by atoms with van der Waals surface area (Å²) in [6.45, 7) is 1.62. The Kier molecular flexibility index (Phi) is 4.59. The lowest BCUT2D eigenvalue weighted by Crippen LogP contribution is -2.33. The molecule has 0 unspecified atom stereocenters. The molecule has 0 saturated carbocycles. The third-order valence-electron chi connectivity index (χ3n) is 2.81. The number of halogens is 3. The average molecular weight is 330 g/mol. The van der Waals surface area contributed by atoms with Crippen molar-refractivity contribution in [1.82, 2.24) is 9.97 Å². The summed E-state index contributed by atoms with van der Waals surface area (Å²) in [4.78, 5) is 20.1. The number of rotatable bonds is 3. The lowest BCUT2D eigenvalue weighted by atomic mass is 10.1. The largest absolute Gasteiger partial charge is 0.465 e. The van der Waals surface area contributed by atoms with Gasteiger partial charge < -0.3 is 5.11 Å². The van der Waals surface area contributed by atoms with E-state index in [0.29, 0.717) is 5.56 Å². The molecule has 1 heterocycles. The molecule has 0 radical (unpaired) electrons. The van der Waals surface area contributed by atoms with Crippen LogP contribution < -0.4 is 4.90 Å². The fraction of sp³-hybridized carbons (Fsp3) is 0.154. The van der Waals surface area contributed by atoms with E-state index in [4.69, 9.17) is 23.2 Å². The zero-order valence-electron chi connectivity index (χ0n) is 10.8. The van der Waals surface area contributed by atoms with E-state index in [9.17, 15) is 14.3 Å². The summed E-state index contributed by atoms with van der Waals surface area (Å²) < 4.78 is 12.9. The van der Waals surface area contributed by atoms with Crippen LogP contribution in [0.4, 0.5) is 15.1 Å². The lowest BCUT2D eigenvalue weighted by Gasteiger charge is -2.24.